The number of fused-ring (bicyclic) bond motifs is 1. The summed E-state index contributed by atoms with van der Waals surface area (Å²) in [6, 6.07) is 17.2. The number of hydrogen-bond donors (Lipinski definition) is 0. The lowest BCUT2D eigenvalue weighted by molar-refractivity contribution is 0.165. The van der Waals surface area contributed by atoms with Gasteiger partial charge in [0.25, 0.3) is 0 Å². The van der Waals surface area contributed by atoms with Crippen molar-refractivity contribution in [2.45, 2.75) is 25.4 Å². The smallest absolute Gasteiger partial charge is 0.0686 e. The average Bonchev–Trinajstić information content (AvgIpc) is 3.07. The van der Waals surface area contributed by atoms with E-state index in [2.05, 4.69) is 57.0 Å². The highest BCUT2D eigenvalue weighted by molar-refractivity contribution is 5.78. The van der Waals surface area contributed by atoms with E-state index in [9.17, 15) is 0 Å². The molecule has 1 atom stereocenters. The van der Waals surface area contributed by atoms with Crippen LogP contribution in [0.2, 0.25) is 0 Å². The zero-order valence-corrected chi connectivity index (χ0v) is 13.7. The van der Waals surface area contributed by atoms with Crippen molar-refractivity contribution in [3.05, 3.63) is 65.9 Å². The fraction of sp³-hybridized carbons (Fsp3) is 0.286. The molecule has 0 saturated carbocycles. The summed E-state index contributed by atoms with van der Waals surface area (Å²) in [5.74, 6) is 2.68. The maximum atomic E-state index is 5.43. The molecule has 2 heterocycles. The van der Waals surface area contributed by atoms with Crippen molar-refractivity contribution < 1.29 is 0 Å². The van der Waals surface area contributed by atoms with E-state index in [0.717, 1.165) is 25.2 Å². The number of likely N-dealkylation sites (tertiary alicyclic amines) is 1. The van der Waals surface area contributed by atoms with Crippen molar-refractivity contribution in [1.29, 1.82) is 0 Å². The number of terminal acetylenes is 1. The van der Waals surface area contributed by atoms with Crippen molar-refractivity contribution in [3.63, 3.8) is 0 Å². The van der Waals surface area contributed by atoms with Crippen LogP contribution >= 0.6 is 0 Å². The Kier molecular flexibility index (Phi) is 4.06. The van der Waals surface area contributed by atoms with Gasteiger partial charge >= 0.3 is 0 Å². The first-order valence-corrected chi connectivity index (χ1v) is 8.53. The standard InChI is InChI=1S/C21H21N3/c1-2-17-9-11-18(12-10-17)15-23-13-5-7-20(16-23)24-21-8-4-3-6-19(21)14-22-24/h1,3-4,6,8-12,14,20H,5,7,13,15-16H2/t20-/m1/s1. The predicted octanol–water partition coefficient (Wildman–Crippen LogP) is 3.85. The molecule has 2 aromatic carbocycles. The Balaban J connectivity index is 1.50. The van der Waals surface area contributed by atoms with Crippen LogP contribution in [-0.2, 0) is 6.54 Å². The Morgan fingerprint density at radius 3 is 2.79 bits per heavy atom. The average molecular weight is 315 g/mol. The molecule has 0 amide bonds. The highest BCUT2D eigenvalue weighted by atomic mass is 15.3. The van der Waals surface area contributed by atoms with Crippen molar-refractivity contribution in [2.75, 3.05) is 13.1 Å². The lowest BCUT2D eigenvalue weighted by atomic mass is 10.0. The maximum absolute atomic E-state index is 5.43. The van der Waals surface area contributed by atoms with Gasteiger partial charge in [-0.15, -0.1) is 6.42 Å². The number of hydrogen-bond acceptors (Lipinski definition) is 2. The van der Waals surface area contributed by atoms with Crippen LogP contribution in [-0.4, -0.2) is 27.8 Å². The second-order valence-electron chi connectivity index (χ2n) is 6.52. The molecule has 0 bridgehead atoms. The first-order chi connectivity index (χ1) is 11.8. The van der Waals surface area contributed by atoms with Crippen LogP contribution in [0.3, 0.4) is 0 Å². The summed E-state index contributed by atoms with van der Waals surface area (Å²) in [4.78, 5) is 2.52. The second kappa shape index (κ2) is 6.51. The van der Waals surface area contributed by atoms with Gasteiger partial charge in [0.05, 0.1) is 17.8 Å². The van der Waals surface area contributed by atoms with Crippen LogP contribution in [0.25, 0.3) is 10.9 Å². The Morgan fingerprint density at radius 2 is 1.96 bits per heavy atom. The van der Waals surface area contributed by atoms with Gasteiger partial charge in [0.15, 0.2) is 0 Å². The van der Waals surface area contributed by atoms with Crippen LogP contribution in [0, 0.1) is 12.3 Å². The number of piperidine rings is 1. The van der Waals surface area contributed by atoms with Crippen molar-refractivity contribution in [1.82, 2.24) is 14.7 Å². The van der Waals surface area contributed by atoms with Gasteiger partial charge in [-0.25, -0.2) is 0 Å². The molecule has 0 unspecified atom stereocenters. The van der Waals surface area contributed by atoms with E-state index in [1.165, 1.54) is 29.3 Å². The van der Waals surface area contributed by atoms with E-state index >= 15 is 0 Å². The molecule has 24 heavy (non-hydrogen) atoms. The Labute approximate surface area is 142 Å². The van der Waals surface area contributed by atoms with Crippen LogP contribution in [0.4, 0.5) is 0 Å². The van der Waals surface area contributed by atoms with Gasteiger partial charge in [-0.2, -0.15) is 5.10 Å². The molecule has 0 radical (unpaired) electrons. The van der Waals surface area contributed by atoms with E-state index in [0.29, 0.717) is 6.04 Å². The van der Waals surface area contributed by atoms with E-state index < -0.39 is 0 Å². The molecule has 3 nitrogen and oxygen atoms in total. The molecule has 4 rings (SSSR count). The Hall–Kier alpha value is -2.57. The number of nitrogens with zero attached hydrogens (tertiary/aromatic N) is 3. The number of aromatic nitrogens is 2. The number of para-hydroxylation sites is 1. The van der Waals surface area contributed by atoms with E-state index in [1.807, 2.05) is 18.3 Å². The van der Waals surface area contributed by atoms with Gasteiger partial charge in [-0.3, -0.25) is 9.58 Å². The van der Waals surface area contributed by atoms with E-state index in [-0.39, 0.29) is 0 Å². The van der Waals surface area contributed by atoms with E-state index in [1.54, 1.807) is 0 Å². The van der Waals surface area contributed by atoms with Gasteiger partial charge in [0, 0.05) is 24.0 Å². The van der Waals surface area contributed by atoms with Crippen LogP contribution in [0.5, 0.6) is 0 Å². The Bertz CT molecular complexity index is 870. The van der Waals surface area contributed by atoms with Crippen LogP contribution < -0.4 is 0 Å². The molecule has 1 aliphatic heterocycles. The summed E-state index contributed by atoms with van der Waals surface area (Å²) in [6.07, 6.45) is 9.81. The summed E-state index contributed by atoms with van der Waals surface area (Å²) in [6.45, 7) is 3.16. The van der Waals surface area contributed by atoms with Gasteiger partial charge in [0.2, 0.25) is 0 Å². The summed E-state index contributed by atoms with van der Waals surface area (Å²) < 4.78 is 2.21. The van der Waals surface area contributed by atoms with Crippen molar-refractivity contribution >= 4 is 10.9 Å². The lowest BCUT2D eigenvalue weighted by Gasteiger charge is -2.33. The topological polar surface area (TPSA) is 21.1 Å². The summed E-state index contributed by atoms with van der Waals surface area (Å²) in [7, 11) is 0. The minimum Gasteiger partial charge on any atom is -0.297 e. The monoisotopic (exact) mass is 315 g/mol. The SMILES string of the molecule is C#Cc1ccc(CN2CCC[C@@H](n3ncc4ccccc43)C2)cc1. The van der Waals surface area contributed by atoms with Gasteiger partial charge in [-0.05, 0) is 43.1 Å². The minimum absolute atomic E-state index is 0.448. The largest absolute Gasteiger partial charge is 0.297 e. The first-order valence-electron chi connectivity index (χ1n) is 8.53. The molecule has 1 saturated heterocycles. The molecule has 1 fully saturated rings. The number of rotatable bonds is 3. The second-order valence-corrected chi connectivity index (χ2v) is 6.52. The first kappa shape index (κ1) is 15.0. The van der Waals surface area contributed by atoms with Crippen molar-refractivity contribution in [3.8, 4) is 12.3 Å². The van der Waals surface area contributed by atoms with Crippen LogP contribution in [0.1, 0.15) is 30.0 Å². The molecule has 0 N–H and O–H groups in total. The molecule has 120 valence electrons. The molecule has 1 aromatic heterocycles. The van der Waals surface area contributed by atoms with Gasteiger partial charge < -0.3 is 0 Å². The van der Waals surface area contributed by atoms with Gasteiger partial charge in [-0.1, -0.05) is 36.3 Å². The minimum atomic E-state index is 0.448. The molecular formula is C21H21N3. The zero-order valence-electron chi connectivity index (χ0n) is 13.7. The third-order valence-electron chi connectivity index (χ3n) is 4.86. The molecule has 3 aromatic rings. The predicted molar refractivity (Wildman–Crippen MR) is 97.7 cm³/mol. The Morgan fingerprint density at radius 1 is 1.12 bits per heavy atom. The fourth-order valence-electron chi connectivity index (χ4n) is 3.62. The molecule has 3 heteroatoms. The van der Waals surface area contributed by atoms with E-state index in [4.69, 9.17) is 6.42 Å². The quantitative estimate of drug-likeness (QED) is 0.685. The van der Waals surface area contributed by atoms with Crippen LogP contribution in [0.15, 0.2) is 54.7 Å². The summed E-state index contributed by atoms with van der Waals surface area (Å²) >= 11 is 0. The van der Waals surface area contributed by atoms with Crippen molar-refractivity contribution in [2.24, 2.45) is 0 Å². The summed E-state index contributed by atoms with van der Waals surface area (Å²) in [5.41, 5.74) is 3.50. The molecular weight excluding hydrogens is 294 g/mol. The number of benzene rings is 2. The highest BCUT2D eigenvalue weighted by Gasteiger charge is 2.23. The highest BCUT2D eigenvalue weighted by Crippen LogP contribution is 2.26. The normalized spacial score (nSPS) is 18.5. The lowest BCUT2D eigenvalue weighted by Crippen LogP contribution is -2.36. The molecule has 0 aliphatic carbocycles. The third kappa shape index (κ3) is 2.93. The molecule has 0 spiro atoms. The maximum Gasteiger partial charge on any atom is 0.0686 e. The summed E-state index contributed by atoms with van der Waals surface area (Å²) in [5, 5.41) is 5.87. The zero-order chi connectivity index (χ0) is 16.4. The fourth-order valence-corrected chi connectivity index (χ4v) is 3.62. The molecule has 1 aliphatic rings. The van der Waals surface area contributed by atoms with Gasteiger partial charge in [0.1, 0.15) is 0 Å². The third-order valence-corrected chi connectivity index (χ3v) is 4.86.